The number of carbonyl (C=O) groups excluding carboxylic acids is 2. The first-order valence-corrected chi connectivity index (χ1v) is 12.0. The number of amides is 2. The molecule has 1 aliphatic carbocycles. The monoisotopic (exact) mass is 399 g/mol. The maximum absolute atomic E-state index is 12.7. The number of nitrogens with zero attached hydrogens (tertiary/aromatic N) is 2. The number of sulfonamides is 1. The van der Waals surface area contributed by atoms with Crippen LogP contribution in [0.4, 0.5) is 0 Å². The zero-order valence-corrected chi connectivity index (χ0v) is 17.2. The predicted octanol–water partition coefficient (Wildman–Crippen LogP) is 1.49. The van der Waals surface area contributed by atoms with E-state index in [9.17, 15) is 18.0 Å². The van der Waals surface area contributed by atoms with Gasteiger partial charge in [-0.1, -0.05) is 12.8 Å². The Hall–Kier alpha value is -1.15. The van der Waals surface area contributed by atoms with Gasteiger partial charge in [0, 0.05) is 44.6 Å². The Morgan fingerprint density at radius 1 is 0.963 bits per heavy atom. The van der Waals surface area contributed by atoms with E-state index in [1.54, 1.807) is 9.21 Å². The summed E-state index contributed by atoms with van der Waals surface area (Å²) in [5.74, 6) is 0.184. The van der Waals surface area contributed by atoms with Crippen molar-refractivity contribution < 1.29 is 18.0 Å². The fraction of sp³-hybridized carbons (Fsp3) is 0.895. The van der Waals surface area contributed by atoms with E-state index >= 15 is 0 Å². The van der Waals surface area contributed by atoms with Crippen molar-refractivity contribution in [2.24, 2.45) is 5.92 Å². The maximum atomic E-state index is 12.7. The first kappa shape index (κ1) is 20.6. The van der Waals surface area contributed by atoms with Gasteiger partial charge in [-0.15, -0.1) is 0 Å². The highest BCUT2D eigenvalue weighted by Gasteiger charge is 2.36. The molecule has 1 atom stereocenters. The molecule has 7 nitrogen and oxygen atoms in total. The van der Waals surface area contributed by atoms with E-state index in [0.29, 0.717) is 39.0 Å². The molecular formula is C19H33N3O4S. The fourth-order valence-corrected chi connectivity index (χ4v) is 6.54. The molecule has 0 bridgehead atoms. The lowest BCUT2D eigenvalue weighted by atomic mass is 10.1. The van der Waals surface area contributed by atoms with Crippen LogP contribution in [0.15, 0.2) is 0 Å². The van der Waals surface area contributed by atoms with Gasteiger partial charge in [0.05, 0.1) is 5.25 Å². The predicted molar refractivity (Wildman–Crippen MR) is 104 cm³/mol. The van der Waals surface area contributed by atoms with Gasteiger partial charge in [0.15, 0.2) is 0 Å². The molecule has 2 heterocycles. The average Bonchev–Trinajstić information content (AvgIpc) is 3.35. The third-order valence-electron chi connectivity index (χ3n) is 6.24. The minimum absolute atomic E-state index is 0.00578. The van der Waals surface area contributed by atoms with E-state index in [2.05, 4.69) is 5.32 Å². The number of nitrogens with one attached hydrogen (secondary N) is 1. The molecule has 2 aliphatic heterocycles. The summed E-state index contributed by atoms with van der Waals surface area (Å²) in [4.78, 5) is 26.5. The summed E-state index contributed by atoms with van der Waals surface area (Å²) >= 11 is 0. The molecule has 2 saturated heterocycles. The van der Waals surface area contributed by atoms with Gasteiger partial charge >= 0.3 is 0 Å². The zero-order chi connectivity index (χ0) is 19.4. The van der Waals surface area contributed by atoms with Crippen molar-refractivity contribution in [3.8, 4) is 0 Å². The summed E-state index contributed by atoms with van der Waals surface area (Å²) < 4.78 is 26.9. The Labute approximate surface area is 162 Å². The van der Waals surface area contributed by atoms with Gasteiger partial charge in [-0.3, -0.25) is 9.59 Å². The average molecular weight is 400 g/mol. The first-order chi connectivity index (χ1) is 12.9. The van der Waals surface area contributed by atoms with Gasteiger partial charge in [0.25, 0.3) is 0 Å². The molecule has 1 N–H and O–H groups in total. The second-order valence-electron chi connectivity index (χ2n) is 8.33. The summed E-state index contributed by atoms with van der Waals surface area (Å²) in [6.07, 6.45) is 7.31. The summed E-state index contributed by atoms with van der Waals surface area (Å²) in [5.41, 5.74) is 0. The Bertz CT molecular complexity index is 631. The van der Waals surface area contributed by atoms with Gasteiger partial charge < -0.3 is 10.2 Å². The van der Waals surface area contributed by atoms with E-state index in [1.165, 1.54) is 0 Å². The Morgan fingerprint density at radius 2 is 1.56 bits per heavy atom. The van der Waals surface area contributed by atoms with Crippen molar-refractivity contribution in [3.05, 3.63) is 0 Å². The van der Waals surface area contributed by atoms with Crippen molar-refractivity contribution >= 4 is 21.8 Å². The standard InChI is InChI=1S/C19H33N3O4S/c1-15(20-19(24)16-6-2-3-7-16)14-18(23)21-12-8-17(9-13-21)27(25,26)22-10-4-5-11-22/h15-17H,2-14H2,1H3,(H,20,24)/t15-/m0/s1. The number of hydrogen-bond acceptors (Lipinski definition) is 4. The lowest BCUT2D eigenvalue weighted by Gasteiger charge is -2.34. The highest BCUT2D eigenvalue weighted by Crippen LogP contribution is 2.26. The molecule has 154 valence electrons. The van der Waals surface area contributed by atoms with E-state index in [0.717, 1.165) is 38.5 Å². The highest BCUT2D eigenvalue weighted by molar-refractivity contribution is 7.89. The van der Waals surface area contributed by atoms with E-state index < -0.39 is 10.0 Å². The number of rotatable bonds is 6. The van der Waals surface area contributed by atoms with E-state index in [1.807, 2.05) is 6.92 Å². The summed E-state index contributed by atoms with van der Waals surface area (Å²) in [6, 6.07) is -0.184. The number of likely N-dealkylation sites (tertiary alicyclic amines) is 1. The van der Waals surface area contributed by atoms with Crippen molar-refractivity contribution in [1.29, 1.82) is 0 Å². The smallest absolute Gasteiger partial charge is 0.224 e. The van der Waals surface area contributed by atoms with Crippen LogP contribution >= 0.6 is 0 Å². The first-order valence-electron chi connectivity index (χ1n) is 10.4. The van der Waals surface area contributed by atoms with Crippen LogP contribution in [0.2, 0.25) is 0 Å². The van der Waals surface area contributed by atoms with Gasteiger partial charge in [0.1, 0.15) is 0 Å². The third kappa shape index (κ3) is 5.02. The molecule has 0 aromatic heterocycles. The third-order valence-corrected chi connectivity index (χ3v) is 8.64. The molecule has 3 aliphatic rings. The van der Waals surface area contributed by atoms with Crippen LogP contribution in [0.3, 0.4) is 0 Å². The molecule has 27 heavy (non-hydrogen) atoms. The molecular weight excluding hydrogens is 366 g/mol. The van der Waals surface area contributed by atoms with Crippen LogP contribution in [-0.4, -0.2) is 66.9 Å². The number of piperidine rings is 1. The minimum Gasteiger partial charge on any atom is -0.353 e. The normalized spacial score (nSPS) is 24.3. The molecule has 0 aromatic rings. The van der Waals surface area contributed by atoms with Crippen LogP contribution in [-0.2, 0) is 19.6 Å². The quantitative estimate of drug-likeness (QED) is 0.733. The largest absolute Gasteiger partial charge is 0.353 e. The molecule has 2 amide bonds. The molecule has 1 saturated carbocycles. The molecule has 3 fully saturated rings. The molecule has 0 aromatic carbocycles. The highest BCUT2D eigenvalue weighted by atomic mass is 32.2. The van der Waals surface area contributed by atoms with Crippen LogP contribution < -0.4 is 5.32 Å². The molecule has 8 heteroatoms. The second kappa shape index (κ2) is 8.90. The van der Waals surface area contributed by atoms with Gasteiger partial charge in [-0.2, -0.15) is 0 Å². The summed E-state index contributed by atoms with van der Waals surface area (Å²) in [7, 11) is -3.22. The van der Waals surface area contributed by atoms with Gasteiger partial charge in [0.2, 0.25) is 21.8 Å². The number of carbonyl (C=O) groups is 2. The SMILES string of the molecule is C[C@@H](CC(=O)N1CCC(S(=O)(=O)N2CCCC2)CC1)NC(=O)C1CCCC1. The van der Waals surface area contributed by atoms with E-state index in [-0.39, 0.29) is 35.4 Å². The Morgan fingerprint density at radius 3 is 2.15 bits per heavy atom. The topological polar surface area (TPSA) is 86.8 Å². The molecule has 3 rings (SSSR count). The fourth-order valence-electron chi connectivity index (χ4n) is 4.55. The Kier molecular flexibility index (Phi) is 6.78. The number of hydrogen-bond donors (Lipinski definition) is 1. The summed E-state index contributed by atoms with van der Waals surface area (Å²) in [5, 5.41) is 2.61. The second-order valence-corrected chi connectivity index (χ2v) is 10.5. The lowest BCUT2D eigenvalue weighted by Crippen LogP contribution is -2.47. The molecule has 0 unspecified atom stereocenters. The van der Waals surface area contributed by atoms with E-state index in [4.69, 9.17) is 0 Å². The van der Waals surface area contributed by atoms with Crippen LogP contribution in [0.25, 0.3) is 0 Å². The van der Waals surface area contributed by atoms with Crippen LogP contribution in [0.1, 0.15) is 64.7 Å². The van der Waals surface area contributed by atoms with Crippen molar-refractivity contribution in [1.82, 2.24) is 14.5 Å². The van der Waals surface area contributed by atoms with Gasteiger partial charge in [-0.05, 0) is 45.4 Å². The maximum Gasteiger partial charge on any atom is 0.224 e. The zero-order valence-electron chi connectivity index (χ0n) is 16.4. The molecule has 0 radical (unpaired) electrons. The van der Waals surface area contributed by atoms with Crippen molar-refractivity contribution in [2.75, 3.05) is 26.2 Å². The minimum atomic E-state index is -3.22. The molecule has 0 spiro atoms. The lowest BCUT2D eigenvalue weighted by molar-refractivity contribution is -0.133. The Balaban J connectivity index is 1.43. The van der Waals surface area contributed by atoms with Crippen molar-refractivity contribution in [3.63, 3.8) is 0 Å². The van der Waals surface area contributed by atoms with Crippen LogP contribution in [0, 0.1) is 5.92 Å². The van der Waals surface area contributed by atoms with Gasteiger partial charge in [-0.25, -0.2) is 12.7 Å². The van der Waals surface area contributed by atoms with Crippen molar-refractivity contribution in [2.45, 2.75) is 76.0 Å². The summed E-state index contributed by atoms with van der Waals surface area (Å²) in [6.45, 7) is 4.12. The van der Waals surface area contributed by atoms with Crippen LogP contribution in [0.5, 0.6) is 0 Å².